The Morgan fingerprint density at radius 2 is 1.95 bits per heavy atom. The topological polar surface area (TPSA) is 87.0 Å². The lowest BCUT2D eigenvalue weighted by Crippen LogP contribution is -2.67. The third-order valence-corrected chi connectivity index (χ3v) is 6.05. The van der Waals surface area contributed by atoms with Crippen LogP contribution in [0.25, 0.3) is 0 Å². The first-order chi connectivity index (χ1) is 9.14. The van der Waals surface area contributed by atoms with E-state index in [1.807, 2.05) is 6.92 Å². The number of carbonyl (C=O) groups is 1. The van der Waals surface area contributed by atoms with Crippen LogP contribution in [0.2, 0.25) is 0 Å². The molecule has 3 N–H and O–H groups in total. The van der Waals surface area contributed by atoms with Crippen LogP contribution in [0.15, 0.2) is 11.1 Å². The molecule has 3 aliphatic rings. The highest BCUT2D eigenvalue weighted by Crippen LogP contribution is 2.61. The van der Waals surface area contributed by atoms with Crippen molar-refractivity contribution in [3.05, 3.63) is 11.1 Å². The van der Waals surface area contributed by atoms with Gasteiger partial charge < -0.3 is 20.1 Å². The lowest BCUT2D eigenvalue weighted by atomic mass is 9.50. The zero-order valence-electron chi connectivity index (χ0n) is 12.1. The summed E-state index contributed by atoms with van der Waals surface area (Å²) in [7, 11) is 0. The number of esters is 1. The predicted molar refractivity (Wildman–Crippen MR) is 70.4 cm³/mol. The number of aliphatic hydroxyl groups excluding tert-OH is 1. The second kappa shape index (κ2) is 3.84. The van der Waals surface area contributed by atoms with Gasteiger partial charge in [-0.2, -0.15) is 0 Å². The molecule has 0 aromatic rings. The van der Waals surface area contributed by atoms with Crippen LogP contribution >= 0.6 is 0 Å². The maximum absolute atomic E-state index is 11.7. The normalized spacial score (nSPS) is 51.6. The van der Waals surface area contributed by atoms with E-state index in [9.17, 15) is 20.1 Å². The average Bonchev–Trinajstić information content (AvgIpc) is 2.56. The predicted octanol–water partition coefficient (Wildman–Crippen LogP) is 0.870. The van der Waals surface area contributed by atoms with Crippen molar-refractivity contribution in [3.63, 3.8) is 0 Å². The first-order valence-corrected chi connectivity index (χ1v) is 7.20. The molecule has 0 radical (unpaired) electrons. The van der Waals surface area contributed by atoms with Crippen molar-refractivity contribution < 1.29 is 24.9 Å². The maximum Gasteiger partial charge on any atom is 0.336 e. The van der Waals surface area contributed by atoms with Gasteiger partial charge >= 0.3 is 5.97 Å². The molecule has 0 aromatic carbocycles. The third-order valence-electron chi connectivity index (χ3n) is 6.05. The zero-order chi connectivity index (χ0) is 14.9. The van der Waals surface area contributed by atoms with Gasteiger partial charge in [0.25, 0.3) is 0 Å². The van der Waals surface area contributed by atoms with Crippen molar-refractivity contribution >= 4 is 5.97 Å². The second-order valence-corrected chi connectivity index (χ2v) is 6.97. The Balaban J connectivity index is 2.12. The van der Waals surface area contributed by atoms with Crippen LogP contribution in [0.1, 0.15) is 46.5 Å². The summed E-state index contributed by atoms with van der Waals surface area (Å²) in [6, 6.07) is 0. The Labute approximate surface area is 118 Å². The quantitative estimate of drug-likeness (QED) is 0.574. The van der Waals surface area contributed by atoms with Crippen molar-refractivity contribution in [3.8, 4) is 0 Å². The maximum atomic E-state index is 11.7. The Kier molecular flexibility index (Phi) is 2.70. The second-order valence-electron chi connectivity index (χ2n) is 6.97. The minimum Gasteiger partial charge on any atom is -0.426 e. The van der Waals surface area contributed by atoms with Gasteiger partial charge in [-0.3, -0.25) is 0 Å². The van der Waals surface area contributed by atoms with Crippen LogP contribution in [0.4, 0.5) is 0 Å². The van der Waals surface area contributed by atoms with Gasteiger partial charge in [0.1, 0.15) is 5.60 Å². The largest absolute Gasteiger partial charge is 0.426 e. The monoisotopic (exact) mass is 282 g/mol. The smallest absolute Gasteiger partial charge is 0.336 e. The van der Waals surface area contributed by atoms with Crippen LogP contribution in [0.3, 0.4) is 0 Å². The molecule has 0 aromatic heterocycles. The highest BCUT2D eigenvalue weighted by Gasteiger charge is 2.67. The van der Waals surface area contributed by atoms with Crippen LogP contribution in [0.5, 0.6) is 0 Å². The molecule has 20 heavy (non-hydrogen) atoms. The number of hydrogen-bond acceptors (Lipinski definition) is 5. The highest BCUT2D eigenvalue weighted by atomic mass is 16.7. The summed E-state index contributed by atoms with van der Waals surface area (Å²) in [5.41, 5.74) is -1.01. The molecule has 0 spiro atoms. The van der Waals surface area contributed by atoms with E-state index in [-0.39, 0.29) is 12.3 Å². The van der Waals surface area contributed by atoms with E-state index in [4.69, 9.17) is 4.74 Å². The van der Waals surface area contributed by atoms with Gasteiger partial charge in [0.15, 0.2) is 0 Å². The standard InChI is InChI=1S/C15H22O5/c1-8-4-5-11(16)14(18)7-15(19)10(6-13(8,14)3)9(2)12(17)20-15/h8,11,16,18-19H,4-7H2,1-3H3. The molecule has 3 rings (SSSR count). The van der Waals surface area contributed by atoms with E-state index in [0.717, 1.165) is 6.42 Å². The molecule has 0 saturated heterocycles. The summed E-state index contributed by atoms with van der Waals surface area (Å²) >= 11 is 0. The van der Waals surface area contributed by atoms with E-state index in [1.54, 1.807) is 6.92 Å². The van der Waals surface area contributed by atoms with Crippen molar-refractivity contribution in [1.82, 2.24) is 0 Å². The fourth-order valence-corrected chi connectivity index (χ4v) is 4.27. The van der Waals surface area contributed by atoms with Gasteiger partial charge in [-0.05, 0) is 32.1 Å². The fraction of sp³-hybridized carbons (Fsp3) is 0.800. The van der Waals surface area contributed by atoms with E-state index >= 15 is 0 Å². The molecule has 1 heterocycles. The lowest BCUT2D eigenvalue weighted by Gasteiger charge is -2.59. The van der Waals surface area contributed by atoms with Gasteiger partial charge in [-0.25, -0.2) is 4.79 Å². The SMILES string of the molecule is CC1=C2CC3(C)C(C)CCC(O)C3(O)CC2(O)OC1=O. The Hall–Kier alpha value is -0.910. The summed E-state index contributed by atoms with van der Waals surface area (Å²) in [5.74, 6) is -2.10. The fourth-order valence-electron chi connectivity index (χ4n) is 4.27. The van der Waals surface area contributed by atoms with Crippen LogP contribution < -0.4 is 0 Å². The number of hydrogen-bond donors (Lipinski definition) is 3. The number of rotatable bonds is 0. The van der Waals surface area contributed by atoms with Gasteiger partial charge in [0.05, 0.1) is 6.10 Å². The molecule has 0 bridgehead atoms. The van der Waals surface area contributed by atoms with Crippen LogP contribution in [-0.4, -0.2) is 38.8 Å². The van der Waals surface area contributed by atoms with Gasteiger partial charge in [0.2, 0.25) is 5.79 Å². The first kappa shape index (κ1) is 14.0. The molecule has 2 saturated carbocycles. The van der Waals surface area contributed by atoms with Crippen LogP contribution in [0, 0.1) is 11.3 Å². The summed E-state index contributed by atoms with van der Waals surface area (Å²) in [6.45, 7) is 5.63. The molecule has 112 valence electrons. The number of aliphatic hydroxyl groups is 3. The Bertz CT molecular complexity index is 512. The average molecular weight is 282 g/mol. The molecule has 5 atom stereocenters. The first-order valence-electron chi connectivity index (χ1n) is 7.20. The van der Waals surface area contributed by atoms with Crippen molar-refractivity contribution in [2.45, 2.75) is 63.9 Å². The highest BCUT2D eigenvalue weighted by molar-refractivity contribution is 5.92. The van der Waals surface area contributed by atoms with Crippen molar-refractivity contribution in [2.24, 2.45) is 11.3 Å². The molecule has 0 amide bonds. The molecule has 2 aliphatic carbocycles. The molecular formula is C15H22O5. The lowest BCUT2D eigenvalue weighted by molar-refractivity contribution is -0.274. The Morgan fingerprint density at radius 1 is 1.30 bits per heavy atom. The van der Waals surface area contributed by atoms with E-state index in [1.165, 1.54) is 0 Å². The van der Waals surface area contributed by atoms with Crippen molar-refractivity contribution in [2.75, 3.05) is 0 Å². The van der Waals surface area contributed by atoms with Gasteiger partial charge in [-0.15, -0.1) is 0 Å². The summed E-state index contributed by atoms with van der Waals surface area (Å²) in [4.78, 5) is 11.7. The molecule has 5 nitrogen and oxygen atoms in total. The van der Waals surface area contributed by atoms with Crippen LogP contribution in [-0.2, 0) is 9.53 Å². The number of ether oxygens (including phenoxy) is 1. The minimum atomic E-state index is -1.76. The minimum absolute atomic E-state index is 0.152. The van der Waals surface area contributed by atoms with Gasteiger partial charge in [-0.1, -0.05) is 13.8 Å². The van der Waals surface area contributed by atoms with E-state index < -0.39 is 28.9 Å². The van der Waals surface area contributed by atoms with E-state index in [2.05, 4.69) is 6.92 Å². The zero-order valence-corrected chi connectivity index (χ0v) is 12.1. The molecule has 5 heteroatoms. The van der Waals surface area contributed by atoms with Gasteiger partial charge in [0, 0.05) is 23.0 Å². The molecular weight excluding hydrogens is 260 g/mol. The summed E-state index contributed by atoms with van der Waals surface area (Å²) in [6.07, 6.45) is 0.624. The summed E-state index contributed by atoms with van der Waals surface area (Å²) < 4.78 is 5.08. The third kappa shape index (κ3) is 1.46. The molecule has 2 fully saturated rings. The molecule has 1 aliphatic heterocycles. The van der Waals surface area contributed by atoms with E-state index in [0.29, 0.717) is 24.0 Å². The van der Waals surface area contributed by atoms with Crippen molar-refractivity contribution in [1.29, 1.82) is 0 Å². The number of carbonyl (C=O) groups excluding carboxylic acids is 1. The Morgan fingerprint density at radius 3 is 2.60 bits per heavy atom. The number of fused-ring (bicyclic) bond motifs is 2. The molecule has 5 unspecified atom stereocenters. The summed E-state index contributed by atoms with van der Waals surface area (Å²) in [5, 5.41) is 31.9.